The van der Waals surface area contributed by atoms with E-state index in [1.54, 1.807) is 23.5 Å². The smallest absolute Gasteiger partial charge is 0.262 e. The van der Waals surface area contributed by atoms with E-state index in [0.717, 1.165) is 37.4 Å². The van der Waals surface area contributed by atoms with Gasteiger partial charge in [0, 0.05) is 45.8 Å². The highest BCUT2D eigenvalue weighted by molar-refractivity contribution is 8.03. The normalized spacial score (nSPS) is 18.2. The van der Waals surface area contributed by atoms with Gasteiger partial charge in [-0.05, 0) is 92.2 Å². The van der Waals surface area contributed by atoms with Gasteiger partial charge in [0.25, 0.3) is 5.01 Å². The van der Waals surface area contributed by atoms with Gasteiger partial charge in [-0.3, -0.25) is 0 Å². The van der Waals surface area contributed by atoms with Crippen LogP contribution in [0.15, 0.2) is 97.6 Å². The van der Waals surface area contributed by atoms with Gasteiger partial charge in [-0.15, -0.1) is 23.5 Å². The number of amides is 1. The van der Waals surface area contributed by atoms with Gasteiger partial charge >= 0.3 is 0 Å². The molecule has 5 nitrogen and oxygen atoms in total. The zero-order valence-corrected chi connectivity index (χ0v) is 28.4. The van der Waals surface area contributed by atoms with Crippen LogP contribution < -0.4 is 19.9 Å². The molecule has 9 heteroatoms. The third-order valence-electron chi connectivity index (χ3n) is 8.15. The third kappa shape index (κ3) is 7.01. The highest BCUT2D eigenvalue weighted by Gasteiger charge is 2.27. The van der Waals surface area contributed by atoms with E-state index in [4.69, 9.17) is 0 Å². The number of carbonyl (C=O) groups is 1. The Morgan fingerprint density at radius 3 is 2.80 bits per heavy atom. The maximum atomic E-state index is 10.8. The summed E-state index contributed by atoms with van der Waals surface area (Å²) >= 11 is 7.27. The molecule has 3 heterocycles. The van der Waals surface area contributed by atoms with Crippen LogP contribution in [-0.4, -0.2) is 31.7 Å². The van der Waals surface area contributed by atoms with Crippen molar-refractivity contribution in [2.75, 3.05) is 30.5 Å². The molecule has 0 radical (unpaired) electrons. The number of allylic oxidation sites excluding steroid dienone is 8. The zero-order chi connectivity index (χ0) is 30.5. The van der Waals surface area contributed by atoms with Gasteiger partial charge in [0.15, 0.2) is 6.54 Å². The van der Waals surface area contributed by atoms with Crippen molar-refractivity contribution in [3.05, 3.63) is 93.5 Å². The lowest BCUT2D eigenvalue weighted by atomic mass is 9.94. The number of thioether (sulfide) groups is 3. The summed E-state index contributed by atoms with van der Waals surface area (Å²) in [5.74, 6) is 0. The molecule has 0 saturated heterocycles. The van der Waals surface area contributed by atoms with Crippen molar-refractivity contribution in [2.45, 2.75) is 59.8 Å². The molecule has 1 N–H and O–H groups in total. The number of fused-ring (bicyclic) bond motifs is 1. The Kier molecular flexibility index (Phi) is 10.3. The Morgan fingerprint density at radius 1 is 1.07 bits per heavy atom. The average molecular weight is 660 g/mol. The van der Waals surface area contributed by atoms with E-state index in [-0.39, 0.29) is 0 Å². The Hall–Kier alpha value is -2.85. The highest BCUT2D eigenvalue weighted by atomic mass is 32.2. The van der Waals surface area contributed by atoms with Gasteiger partial charge in [0.2, 0.25) is 5.52 Å². The number of anilines is 1. The molecule has 0 spiro atoms. The monoisotopic (exact) mass is 659 g/mol. The summed E-state index contributed by atoms with van der Waals surface area (Å²) in [5, 5.41) is 15.7. The Morgan fingerprint density at radius 2 is 1.95 bits per heavy atom. The van der Waals surface area contributed by atoms with Crippen molar-refractivity contribution in [3.63, 3.8) is 0 Å². The lowest BCUT2D eigenvalue weighted by Gasteiger charge is -2.21. The fraction of sp³-hybridized carbons (Fsp3) is 0.314. The number of hydrogen-bond acceptors (Lipinski definition) is 7. The molecule has 2 aliphatic heterocycles. The van der Waals surface area contributed by atoms with Gasteiger partial charge in [-0.25, -0.2) is 0 Å². The number of nitrogens with zero attached hydrogens (tertiary/aromatic N) is 2. The van der Waals surface area contributed by atoms with Crippen molar-refractivity contribution in [1.82, 2.24) is 5.32 Å². The summed E-state index contributed by atoms with van der Waals surface area (Å²) in [7, 11) is 0. The lowest BCUT2D eigenvalue weighted by molar-refractivity contribution is -0.672. The molecule has 44 heavy (non-hydrogen) atoms. The van der Waals surface area contributed by atoms with E-state index < -0.39 is 6.09 Å². The molecular formula is C35H37N3O2S4. The molecule has 3 aromatic rings. The van der Waals surface area contributed by atoms with Crippen LogP contribution in [0.25, 0.3) is 16.3 Å². The molecule has 3 aliphatic rings. The van der Waals surface area contributed by atoms with E-state index in [9.17, 15) is 9.90 Å². The Labute approximate surface area is 276 Å². The molecule has 1 aliphatic carbocycles. The largest absolute Gasteiger partial charge is 0.530 e. The van der Waals surface area contributed by atoms with Gasteiger partial charge in [-0.2, -0.15) is 4.57 Å². The minimum atomic E-state index is -1.22. The number of nitrogens with one attached hydrogen (secondary N) is 1. The number of benzene rings is 2. The first-order valence-electron chi connectivity index (χ1n) is 15.1. The summed E-state index contributed by atoms with van der Waals surface area (Å²) < 4.78 is 3.92. The van der Waals surface area contributed by atoms with E-state index in [0.29, 0.717) is 13.0 Å². The number of aryl methyl sites for hydroxylation is 2. The first-order valence-corrected chi connectivity index (χ1v) is 19.2. The second-order valence-corrected chi connectivity index (χ2v) is 14.8. The number of thiazole rings is 1. The van der Waals surface area contributed by atoms with Gasteiger partial charge in [-0.1, -0.05) is 53.5 Å². The number of rotatable bonds is 10. The molecule has 1 amide bonds. The summed E-state index contributed by atoms with van der Waals surface area (Å²) in [6.45, 7) is 2.21. The number of carbonyl (C=O) groups excluding carboxylic acids is 1. The third-order valence-corrected chi connectivity index (χ3v) is 11.9. The quantitative estimate of drug-likeness (QED) is 0.135. The lowest BCUT2D eigenvalue weighted by Crippen LogP contribution is -2.38. The number of carboxylic acid groups (broad SMARTS) is 1. The van der Waals surface area contributed by atoms with E-state index in [1.807, 2.05) is 23.1 Å². The van der Waals surface area contributed by atoms with Crippen molar-refractivity contribution in [2.24, 2.45) is 0 Å². The van der Waals surface area contributed by atoms with Gasteiger partial charge < -0.3 is 20.1 Å². The molecule has 0 unspecified atom stereocenters. The van der Waals surface area contributed by atoms with Crippen LogP contribution in [0.4, 0.5) is 10.5 Å². The molecule has 228 valence electrons. The van der Waals surface area contributed by atoms with Crippen molar-refractivity contribution in [3.8, 4) is 0 Å². The first-order chi connectivity index (χ1) is 21.5. The first kappa shape index (κ1) is 31.1. The fourth-order valence-corrected chi connectivity index (χ4v) is 9.38. The molecule has 2 aromatic carbocycles. The van der Waals surface area contributed by atoms with Crippen LogP contribution in [0, 0.1) is 0 Å². The number of aromatic nitrogens is 1. The SMILES string of the molecule is CSc1ccc2c(c1)N(CCCNC(=O)[O-])/C(=C/C=C/C1=CC(=C/C=C/c3sc4ccc(SC)c5c4[n+]3CCC5)/CCC1)S2. The second kappa shape index (κ2) is 14.5. The van der Waals surface area contributed by atoms with Crippen LogP contribution in [0.2, 0.25) is 0 Å². The topological polar surface area (TPSA) is 59.3 Å². The Balaban J connectivity index is 1.16. The maximum Gasteiger partial charge on any atom is 0.262 e. The van der Waals surface area contributed by atoms with E-state index >= 15 is 0 Å². The van der Waals surface area contributed by atoms with Gasteiger partial charge in [0.1, 0.15) is 10.8 Å². The summed E-state index contributed by atoms with van der Waals surface area (Å²) in [4.78, 5) is 17.0. The van der Waals surface area contributed by atoms with Crippen LogP contribution >= 0.6 is 46.6 Å². The minimum Gasteiger partial charge on any atom is -0.530 e. The fourth-order valence-electron chi connectivity index (χ4n) is 6.09. The summed E-state index contributed by atoms with van der Waals surface area (Å²) in [6.07, 6.45) is 25.2. The van der Waals surface area contributed by atoms with E-state index in [2.05, 4.69) is 100 Å². The van der Waals surface area contributed by atoms with Crippen molar-refractivity contribution >= 4 is 74.7 Å². The molecule has 0 saturated carbocycles. The minimum absolute atomic E-state index is 0.378. The highest BCUT2D eigenvalue weighted by Crippen LogP contribution is 2.47. The van der Waals surface area contributed by atoms with Crippen LogP contribution in [0.5, 0.6) is 0 Å². The van der Waals surface area contributed by atoms with Crippen LogP contribution in [-0.2, 0) is 13.0 Å². The molecule has 1 aromatic heterocycles. The predicted octanol–water partition coefficient (Wildman–Crippen LogP) is 7.96. The zero-order valence-electron chi connectivity index (χ0n) is 25.1. The molecular weight excluding hydrogens is 623 g/mol. The number of hydrogen-bond donors (Lipinski definition) is 1. The second-order valence-electron chi connectivity index (χ2n) is 11.0. The summed E-state index contributed by atoms with van der Waals surface area (Å²) in [5.41, 5.74) is 6.89. The van der Waals surface area contributed by atoms with Gasteiger partial charge in [0.05, 0.1) is 10.7 Å². The molecule has 6 rings (SSSR count). The molecule has 0 atom stereocenters. The Bertz CT molecular complexity index is 1720. The maximum absolute atomic E-state index is 10.8. The standard InChI is InChI=1S/C35H37N3O2S4/c1-41-26-15-16-30-28(23-26)37(21-7-19-36-35(39)40)32(43-30)13-4-10-24-8-3-9-25(22-24)11-5-14-33-38-20-6-12-27-29(42-2)17-18-31(44-33)34(27)38/h4-5,10-11,13-18,22-23,36H,3,6-9,12,19-21H2,1-2H3. The van der Waals surface area contributed by atoms with Crippen molar-refractivity contribution < 1.29 is 14.5 Å². The van der Waals surface area contributed by atoms with Crippen LogP contribution in [0.1, 0.15) is 42.7 Å². The van der Waals surface area contributed by atoms with E-state index in [1.165, 1.54) is 65.1 Å². The average Bonchev–Trinajstić information content (AvgIpc) is 3.57. The molecule has 0 fully saturated rings. The van der Waals surface area contributed by atoms with Crippen LogP contribution in [0.3, 0.4) is 0 Å². The molecule has 0 bridgehead atoms. The van der Waals surface area contributed by atoms with Crippen molar-refractivity contribution in [1.29, 1.82) is 0 Å². The summed E-state index contributed by atoms with van der Waals surface area (Å²) in [6, 6.07) is 11.2. The predicted molar refractivity (Wildman–Crippen MR) is 188 cm³/mol.